The number of aryl methyl sites for hydroxylation is 1. The third-order valence-corrected chi connectivity index (χ3v) is 8.02. The van der Waals surface area contributed by atoms with Gasteiger partial charge in [0.1, 0.15) is 5.75 Å². The van der Waals surface area contributed by atoms with Crippen LogP contribution in [0.25, 0.3) is 0 Å². The molecule has 0 radical (unpaired) electrons. The second-order valence-corrected chi connectivity index (χ2v) is 10.1. The first-order valence-corrected chi connectivity index (χ1v) is 12.1. The summed E-state index contributed by atoms with van der Waals surface area (Å²) in [5.41, 5.74) is 1.76. The molecule has 0 unspecified atom stereocenters. The number of anilines is 2. The number of rotatable bonds is 4. The lowest BCUT2D eigenvalue weighted by molar-refractivity contribution is -0.139. The second kappa shape index (κ2) is 8.05. The fraction of sp³-hybridized carbons (Fsp3) is 0.333. The summed E-state index contributed by atoms with van der Waals surface area (Å²) in [6.45, 7) is 1.97. The molecule has 5 atom stereocenters. The minimum Gasteiger partial charge on any atom is -0.426 e. The van der Waals surface area contributed by atoms with Crippen molar-refractivity contribution in [2.45, 2.75) is 19.8 Å². The molecule has 2 saturated heterocycles. The molecule has 2 aliphatic heterocycles. The molecule has 0 spiro atoms. The van der Waals surface area contributed by atoms with Gasteiger partial charge in [-0.05, 0) is 61.1 Å². The molecule has 0 N–H and O–H groups in total. The SMILES string of the molecule is Cc1cc(OC(=O)[C@H]2CC(=O)N(c3ccccc3Cl)C2)ccc1N1C(=O)[C@@H]2[C@H](C1=O)[C@H]1C=C[C@H]2C1. The molecule has 35 heavy (non-hydrogen) atoms. The van der Waals surface area contributed by atoms with E-state index in [2.05, 4.69) is 12.2 Å². The predicted molar refractivity (Wildman–Crippen MR) is 129 cm³/mol. The maximum absolute atomic E-state index is 13.1. The number of hydrogen-bond acceptors (Lipinski definition) is 5. The fourth-order valence-electron chi connectivity index (χ4n) is 6.05. The quantitative estimate of drug-likeness (QED) is 0.281. The van der Waals surface area contributed by atoms with Gasteiger partial charge in [0, 0.05) is 13.0 Å². The van der Waals surface area contributed by atoms with Crippen LogP contribution >= 0.6 is 11.6 Å². The van der Waals surface area contributed by atoms with Crippen LogP contribution in [0.3, 0.4) is 0 Å². The minimum absolute atomic E-state index is 0.0387. The molecular weight excluding hydrogens is 468 g/mol. The van der Waals surface area contributed by atoms with E-state index in [-0.39, 0.29) is 54.4 Å². The number of halogens is 1. The van der Waals surface area contributed by atoms with Crippen molar-refractivity contribution in [2.75, 3.05) is 16.3 Å². The first kappa shape index (κ1) is 22.0. The van der Waals surface area contributed by atoms with Crippen molar-refractivity contribution in [2.24, 2.45) is 29.6 Å². The summed E-state index contributed by atoms with van der Waals surface area (Å²) in [6.07, 6.45) is 5.05. The zero-order chi connectivity index (χ0) is 24.4. The van der Waals surface area contributed by atoms with Crippen LogP contribution in [0, 0.1) is 36.5 Å². The first-order chi connectivity index (χ1) is 16.8. The van der Waals surface area contributed by atoms with Gasteiger partial charge in [0.2, 0.25) is 17.7 Å². The van der Waals surface area contributed by atoms with Gasteiger partial charge in [-0.3, -0.25) is 19.2 Å². The highest BCUT2D eigenvalue weighted by molar-refractivity contribution is 6.34. The molecule has 1 saturated carbocycles. The van der Waals surface area contributed by atoms with E-state index in [0.717, 1.165) is 6.42 Å². The molecule has 2 aromatic carbocycles. The molecule has 2 heterocycles. The molecule has 3 amide bonds. The average Bonchev–Trinajstić information content (AvgIpc) is 3.59. The van der Waals surface area contributed by atoms with Gasteiger partial charge in [-0.15, -0.1) is 0 Å². The number of esters is 1. The van der Waals surface area contributed by atoms with Gasteiger partial charge in [0.25, 0.3) is 0 Å². The van der Waals surface area contributed by atoms with E-state index in [9.17, 15) is 19.2 Å². The van der Waals surface area contributed by atoms with Gasteiger partial charge in [0.15, 0.2) is 0 Å². The number of nitrogens with zero attached hydrogens (tertiary/aromatic N) is 2. The molecule has 2 bridgehead atoms. The Morgan fingerprint density at radius 2 is 1.66 bits per heavy atom. The second-order valence-electron chi connectivity index (χ2n) is 9.74. The predicted octanol–water partition coefficient (Wildman–Crippen LogP) is 3.92. The van der Waals surface area contributed by atoms with Crippen LogP contribution in [0.2, 0.25) is 5.02 Å². The van der Waals surface area contributed by atoms with Crippen LogP contribution in [-0.2, 0) is 19.2 Å². The molecule has 3 fully saturated rings. The van der Waals surface area contributed by atoms with E-state index < -0.39 is 11.9 Å². The van der Waals surface area contributed by atoms with E-state index >= 15 is 0 Å². The summed E-state index contributed by atoms with van der Waals surface area (Å²) >= 11 is 6.22. The van der Waals surface area contributed by atoms with Gasteiger partial charge in [0.05, 0.1) is 34.2 Å². The standard InChI is InChI=1S/C27H23ClN2O5/c1-14-10-18(35-27(34)17-12-22(31)29(13-17)21-5-3-2-4-19(21)28)8-9-20(14)30-25(32)23-15-6-7-16(11-15)24(23)26(30)33/h2-10,15-17,23-24H,11-13H2,1H3/t15-,16-,17-,23-,24+/m0/s1. The summed E-state index contributed by atoms with van der Waals surface area (Å²) in [4.78, 5) is 54.4. The van der Waals surface area contributed by atoms with Gasteiger partial charge in [-0.25, -0.2) is 4.90 Å². The highest BCUT2D eigenvalue weighted by Gasteiger charge is 2.59. The Balaban J connectivity index is 1.16. The summed E-state index contributed by atoms with van der Waals surface area (Å²) in [5, 5.41) is 0.444. The van der Waals surface area contributed by atoms with Crippen molar-refractivity contribution in [1.29, 1.82) is 0 Å². The molecule has 6 rings (SSSR count). The van der Waals surface area contributed by atoms with Crippen molar-refractivity contribution in [3.63, 3.8) is 0 Å². The highest BCUT2D eigenvalue weighted by Crippen LogP contribution is 2.53. The van der Waals surface area contributed by atoms with Crippen molar-refractivity contribution in [3.05, 3.63) is 65.2 Å². The Labute approximate surface area is 207 Å². The number of fused-ring (bicyclic) bond motifs is 5. The zero-order valence-electron chi connectivity index (χ0n) is 19.0. The zero-order valence-corrected chi connectivity index (χ0v) is 19.8. The number of amides is 3. The Kier molecular flexibility index (Phi) is 5.07. The van der Waals surface area contributed by atoms with Crippen LogP contribution in [0.4, 0.5) is 11.4 Å². The fourth-order valence-corrected chi connectivity index (χ4v) is 6.29. The molecular formula is C27H23ClN2O5. The van der Waals surface area contributed by atoms with E-state index in [4.69, 9.17) is 16.3 Å². The van der Waals surface area contributed by atoms with Crippen molar-refractivity contribution >= 4 is 46.7 Å². The van der Waals surface area contributed by atoms with Gasteiger partial charge >= 0.3 is 5.97 Å². The Bertz CT molecular complexity index is 1290. The number of carbonyl (C=O) groups excluding carboxylic acids is 4. The number of hydrogen-bond donors (Lipinski definition) is 0. The van der Waals surface area contributed by atoms with E-state index in [1.54, 1.807) is 49.4 Å². The van der Waals surface area contributed by atoms with Gasteiger partial charge < -0.3 is 9.64 Å². The Morgan fingerprint density at radius 1 is 0.971 bits per heavy atom. The minimum atomic E-state index is -0.622. The summed E-state index contributed by atoms with van der Waals surface area (Å²) in [5.74, 6) is -1.55. The van der Waals surface area contributed by atoms with Crippen molar-refractivity contribution < 1.29 is 23.9 Å². The molecule has 178 valence electrons. The Morgan fingerprint density at radius 3 is 2.31 bits per heavy atom. The van der Waals surface area contributed by atoms with Crippen LogP contribution in [0.5, 0.6) is 5.75 Å². The lowest BCUT2D eigenvalue weighted by Crippen LogP contribution is -2.33. The van der Waals surface area contributed by atoms with Crippen LogP contribution in [0.1, 0.15) is 18.4 Å². The third-order valence-electron chi connectivity index (χ3n) is 7.70. The highest BCUT2D eigenvalue weighted by atomic mass is 35.5. The van der Waals surface area contributed by atoms with Crippen molar-refractivity contribution in [3.8, 4) is 5.75 Å². The summed E-state index contributed by atoms with van der Waals surface area (Å²) < 4.78 is 5.58. The third kappa shape index (κ3) is 3.40. The number of allylic oxidation sites excluding steroid dienone is 2. The number of benzene rings is 2. The largest absolute Gasteiger partial charge is 0.426 e. The van der Waals surface area contributed by atoms with E-state index in [0.29, 0.717) is 27.7 Å². The number of imide groups is 1. The van der Waals surface area contributed by atoms with Crippen molar-refractivity contribution in [1.82, 2.24) is 0 Å². The average molecular weight is 491 g/mol. The number of carbonyl (C=O) groups is 4. The van der Waals surface area contributed by atoms with E-state index in [1.165, 1.54) is 9.80 Å². The van der Waals surface area contributed by atoms with Crippen LogP contribution in [0.15, 0.2) is 54.6 Å². The molecule has 4 aliphatic rings. The van der Waals surface area contributed by atoms with Crippen LogP contribution < -0.4 is 14.5 Å². The molecule has 8 heteroatoms. The molecule has 0 aromatic heterocycles. The monoisotopic (exact) mass is 490 g/mol. The lowest BCUT2D eigenvalue weighted by Gasteiger charge is -2.20. The smallest absolute Gasteiger partial charge is 0.316 e. The number of para-hydroxylation sites is 1. The Hall–Kier alpha value is -3.45. The molecule has 2 aliphatic carbocycles. The molecule has 2 aromatic rings. The number of ether oxygens (including phenoxy) is 1. The summed E-state index contributed by atoms with van der Waals surface area (Å²) in [7, 11) is 0. The maximum Gasteiger partial charge on any atom is 0.316 e. The summed E-state index contributed by atoms with van der Waals surface area (Å²) in [6, 6.07) is 11.9. The topological polar surface area (TPSA) is 84.0 Å². The normalized spacial score (nSPS) is 28.9. The van der Waals surface area contributed by atoms with Gasteiger partial charge in [-0.1, -0.05) is 35.9 Å². The van der Waals surface area contributed by atoms with Crippen LogP contribution in [-0.4, -0.2) is 30.2 Å². The van der Waals surface area contributed by atoms with Gasteiger partial charge in [-0.2, -0.15) is 0 Å². The first-order valence-electron chi connectivity index (χ1n) is 11.8. The lowest BCUT2D eigenvalue weighted by atomic mass is 9.85. The van der Waals surface area contributed by atoms with E-state index in [1.807, 2.05) is 0 Å². The maximum atomic E-state index is 13.1. The molecule has 7 nitrogen and oxygen atoms in total.